The van der Waals surface area contributed by atoms with Crippen LogP contribution in [0, 0.1) is 37.3 Å². The van der Waals surface area contributed by atoms with Crippen LogP contribution in [0.3, 0.4) is 0 Å². The second kappa shape index (κ2) is 16.2. The minimum absolute atomic E-state index is 0.0313. The van der Waals surface area contributed by atoms with Crippen molar-refractivity contribution in [2.75, 3.05) is 0 Å². The van der Waals surface area contributed by atoms with Crippen molar-refractivity contribution in [3.8, 4) is 33.4 Å². The second-order valence-electron chi connectivity index (χ2n) is 13.6. The normalized spacial score (nSPS) is 11.1. The zero-order valence-electron chi connectivity index (χ0n) is 29.6. The van der Waals surface area contributed by atoms with Gasteiger partial charge in [-0.3, -0.25) is 20.2 Å². The third-order valence-corrected chi connectivity index (χ3v) is 12.0. The fourth-order valence-electron chi connectivity index (χ4n) is 6.52. The average molecular weight is 764 g/mol. The molecule has 6 rings (SSSR count). The summed E-state index contributed by atoms with van der Waals surface area (Å²) in [5.41, 5.74) is 12.5. The minimum atomic E-state index is -0.402. The Labute approximate surface area is 314 Å². The molecule has 6 aromatic carbocycles. The standard InChI is InChI=1S/C43H37GeN3O6/c1-28(2)44-27-34-21-33(25-40(26-34)37-8-14-43(15-9-37)47(52)53)20-32-19-31(23-39(24-32)36-6-12-42(13-7-36)46(50)51)18-30-16-29(3)17-38(22-30)35-4-10-41(11-5-35)45(48)49/h4-17,19,21-26,28H,18,20,27H2,1-3H3. The summed E-state index contributed by atoms with van der Waals surface area (Å²) < 4.78 is 0.657. The van der Waals surface area contributed by atoms with Crippen molar-refractivity contribution >= 4 is 32.5 Å². The Morgan fingerprint density at radius 1 is 0.453 bits per heavy atom. The van der Waals surface area contributed by atoms with Crippen LogP contribution in [0.15, 0.2) is 127 Å². The molecule has 10 heteroatoms. The van der Waals surface area contributed by atoms with E-state index in [0.29, 0.717) is 17.6 Å². The first-order valence-corrected chi connectivity index (χ1v) is 19.9. The van der Waals surface area contributed by atoms with Gasteiger partial charge in [-0.1, -0.05) is 6.07 Å². The van der Waals surface area contributed by atoms with Gasteiger partial charge in [0.15, 0.2) is 0 Å². The first kappa shape index (κ1) is 36.8. The van der Waals surface area contributed by atoms with E-state index < -0.39 is 9.85 Å². The average Bonchev–Trinajstić information content (AvgIpc) is 3.13. The fraction of sp³-hybridized carbons (Fsp3) is 0.163. The van der Waals surface area contributed by atoms with Gasteiger partial charge >= 0.3 is 237 Å². The molecular formula is C43H37GeN3O6. The molecule has 0 bridgehead atoms. The van der Waals surface area contributed by atoms with E-state index in [-0.39, 0.29) is 37.4 Å². The number of nitro groups is 3. The molecule has 0 aliphatic rings. The summed E-state index contributed by atoms with van der Waals surface area (Å²) in [6.07, 6.45) is 1.27. The predicted molar refractivity (Wildman–Crippen MR) is 211 cm³/mol. The summed E-state index contributed by atoms with van der Waals surface area (Å²) in [5.74, 6) is 0. The van der Waals surface area contributed by atoms with E-state index in [2.05, 4.69) is 68.4 Å². The van der Waals surface area contributed by atoms with Crippen LogP contribution in [0.4, 0.5) is 17.1 Å². The van der Waals surface area contributed by atoms with E-state index in [4.69, 9.17) is 0 Å². The zero-order valence-corrected chi connectivity index (χ0v) is 31.7. The Morgan fingerprint density at radius 2 is 0.774 bits per heavy atom. The van der Waals surface area contributed by atoms with Crippen molar-refractivity contribution in [3.63, 3.8) is 0 Å². The van der Waals surface area contributed by atoms with Crippen LogP contribution in [0.25, 0.3) is 33.4 Å². The van der Waals surface area contributed by atoms with E-state index in [0.717, 1.165) is 66.5 Å². The molecule has 0 atom stereocenters. The summed E-state index contributed by atoms with van der Waals surface area (Å²) in [5, 5.41) is 35.0. The van der Waals surface area contributed by atoms with Crippen molar-refractivity contribution in [1.82, 2.24) is 0 Å². The van der Waals surface area contributed by atoms with Gasteiger partial charge in [0.1, 0.15) is 0 Å². The third kappa shape index (κ3) is 9.49. The summed E-state index contributed by atoms with van der Waals surface area (Å²) in [6, 6.07) is 39.3. The van der Waals surface area contributed by atoms with Crippen LogP contribution in [0.5, 0.6) is 0 Å². The monoisotopic (exact) mass is 765 g/mol. The molecule has 0 heterocycles. The van der Waals surface area contributed by atoms with Crippen LogP contribution < -0.4 is 0 Å². The van der Waals surface area contributed by atoms with Gasteiger partial charge in [-0.15, -0.1) is 0 Å². The van der Waals surface area contributed by atoms with Crippen LogP contribution >= 0.6 is 0 Å². The molecule has 0 fully saturated rings. The first-order valence-electron chi connectivity index (χ1n) is 17.2. The van der Waals surface area contributed by atoms with Crippen LogP contribution in [-0.4, -0.2) is 30.2 Å². The molecule has 6 aromatic rings. The quantitative estimate of drug-likeness (QED) is 0.0654. The summed E-state index contributed by atoms with van der Waals surface area (Å²) in [7, 11) is 0. The molecule has 0 saturated heterocycles. The second-order valence-corrected chi connectivity index (χ2v) is 17.6. The molecule has 264 valence electrons. The van der Waals surface area contributed by atoms with E-state index in [1.807, 2.05) is 6.92 Å². The van der Waals surface area contributed by atoms with Crippen molar-refractivity contribution < 1.29 is 14.8 Å². The zero-order chi connectivity index (χ0) is 37.6. The predicted octanol–water partition coefficient (Wildman–Crippen LogP) is 10.9. The number of nitrogens with zero attached hydrogens (tertiary/aromatic N) is 3. The van der Waals surface area contributed by atoms with Gasteiger partial charge in [0.05, 0.1) is 9.85 Å². The summed E-state index contributed by atoms with van der Waals surface area (Å²) >= 11 is -0.205. The van der Waals surface area contributed by atoms with E-state index in [1.54, 1.807) is 48.5 Å². The van der Waals surface area contributed by atoms with Crippen molar-refractivity contribution in [1.29, 1.82) is 0 Å². The number of rotatable bonds is 13. The molecule has 0 spiro atoms. The molecule has 0 amide bonds. The van der Waals surface area contributed by atoms with Gasteiger partial charge in [-0.25, -0.2) is 0 Å². The first-order chi connectivity index (χ1) is 25.4. The Balaban J connectivity index is 1.39. The minimum Gasteiger partial charge on any atom is -0.258 e. The molecule has 0 aliphatic carbocycles. The molecule has 0 aromatic heterocycles. The summed E-state index contributed by atoms with van der Waals surface area (Å²) in [6.45, 7) is 6.55. The number of aryl methyl sites for hydroxylation is 1. The Bertz CT molecular complexity index is 2300. The number of hydrogen-bond donors (Lipinski definition) is 0. The van der Waals surface area contributed by atoms with Crippen molar-refractivity contribution in [3.05, 3.63) is 191 Å². The van der Waals surface area contributed by atoms with Gasteiger partial charge < -0.3 is 0 Å². The van der Waals surface area contributed by atoms with Gasteiger partial charge in [-0.2, -0.15) is 0 Å². The van der Waals surface area contributed by atoms with E-state index in [1.165, 1.54) is 29.8 Å². The SMILES string of the molecule is Cc1cc(Cc2cc(Cc3cc([CH2][Ge][CH](C)C)cc(-c4ccc([N+](=O)[O-])cc4)c3)cc(-c3ccc([N+](=O)[O-])cc3)c2)cc(-c2ccc([N+](=O)[O-])cc2)c1. The maximum atomic E-state index is 11.4. The Kier molecular flexibility index (Phi) is 11.2. The topological polar surface area (TPSA) is 129 Å². The van der Waals surface area contributed by atoms with Gasteiger partial charge in [0, 0.05) is 12.1 Å². The molecule has 0 unspecified atom stereocenters. The van der Waals surface area contributed by atoms with Crippen molar-refractivity contribution in [2.45, 2.75) is 43.6 Å². The number of benzene rings is 6. The van der Waals surface area contributed by atoms with Crippen LogP contribution in [0.1, 0.15) is 47.2 Å². The molecule has 2 radical (unpaired) electrons. The Hall–Kier alpha value is -5.94. The maximum absolute atomic E-state index is 11.4. The summed E-state index contributed by atoms with van der Waals surface area (Å²) in [4.78, 5) is 32.8. The fourth-order valence-corrected chi connectivity index (χ4v) is 8.30. The number of nitro benzene ring substituents is 3. The van der Waals surface area contributed by atoms with E-state index in [9.17, 15) is 30.3 Å². The number of hydrogen-bond acceptors (Lipinski definition) is 6. The van der Waals surface area contributed by atoms with Crippen molar-refractivity contribution in [2.24, 2.45) is 0 Å². The molecule has 0 N–H and O–H groups in total. The third-order valence-electron chi connectivity index (χ3n) is 9.01. The molecule has 0 saturated carbocycles. The molecule has 9 nitrogen and oxygen atoms in total. The molecular weight excluding hydrogens is 727 g/mol. The number of non-ortho nitro benzene ring substituents is 3. The van der Waals surface area contributed by atoms with Crippen LogP contribution in [0.2, 0.25) is 4.75 Å². The van der Waals surface area contributed by atoms with Crippen LogP contribution in [-0.2, 0) is 18.1 Å². The van der Waals surface area contributed by atoms with Gasteiger partial charge in [-0.05, 0) is 24.6 Å². The smallest absolute Gasteiger partial charge is 0.258 e. The molecule has 53 heavy (non-hydrogen) atoms. The van der Waals surface area contributed by atoms with Gasteiger partial charge in [0.2, 0.25) is 0 Å². The van der Waals surface area contributed by atoms with E-state index >= 15 is 0 Å². The Morgan fingerprint density at radius 3 is 1.13 bits per heavy atom. The molecule has 0 aliphatic heterocycles. The van der Waals surface area contributed by atoms with Gasteiger partial charge in [0.25, 0.3) is 5.69 Å².